The van der Waals surface area contributed by atoms with Crippen LogP contribution in [0.15, 0.2) is 0 Å². The lowest BCUT2D eigenvalue weighted by Crippen LogP contribution is -2.54. The van der Waals surface area contributed by atoms with Crippen LogP contribution in [0.3, 0.4) is 0 Å². The summed E-state index contributed by atoms with van der Waals surface area (Å²) in [5.41, 5.74) is 0. The standard InChI is InChI=1S/C57H114N6O4/c1-11-13-15-17-19-21-23-25-27-29-31-34-38-42-52(64)62(48-46-60(7)8)54(50(3)4)56(66)58-44-40-36-33-37-41-45-59-57(67)55(51(5)6)63(49-47-61(9)10)53(65)43-39-35-32-30-28-26-24-22-20-18-16-14-12-2/h50-51,54-55H,11-49H2,1-10H3,(H,58,66)(H,59,67). The Morgan fingerprint density at radius 3 is 0.821 bits per heavy atom. The van der Waals surface area contributed by atoms with Crippen molar-refractivity contribution < 1.29 is 19.2 Å². The Labute approximate surface area is 416 Å². The zero-order valence-corrected chi connectivity index (χ0v) is 46.3. The van der Waals surface area contributed by atoms with E-state index in [2.05, 4.69) is 34.3 Å². The molecule has 2 atom stereocenters. The van der Waals surface area contributed by atoms with Crippen molar-refractivity contribution in [2.75, 3.05) is 67.5 Å². The van der Waals surface area contributed by atoms with Gasteiger partial charge in [-0.3, -0.25) is 19.2 Å². The second-order valence-corrected chi connectivity index (χ2v) is 21.5. The van der Waals surface area contributed by atoms with Gasteiger partial charge in [-0.25, -0.2) is 0 Å². The highest BCUT2D eigenvalue weighted by Crippen LogP contribution is 2.19. The van der Waals surface area contributed by atoms with Crippen molar-refractivity contribution >= 4 is 23.6 Å². The monoisotopic (exact) mass is 947 g/mol. The van der Waals surface area contributed by atoms with Crippen LogP contribution in [-0.4, -0.2) is 123 Å². The van der Waals surface area contributed by atoms with E-state index < -0.39 is 12.1 Å². The van der Waals surface area contributed by atoms with E-state index in [0.717, 1.165) is 70.9 Å². The molecule has 10 heteroatoms. The van der Waals surface area contributed by atoms with Gasteiger partial charge in [-0.15, -0.1) is 0 Å². The molecule has 0 bridgehead atoms. The van der Waals surface area contributed by atoms with E-state index in [1.54, 1.807) is 0 Å². The highest BCUT2D eigenvalue weighted by molar-refractivity contribution is 5.88. The van der Waals surface area contributed by atoms with E-state index in [0.29, 0.717) is 39.0 Å². The van der Waals surface area contributed by atoms with Crippen molar-refractivity contribution in [3.63, 3.8) is 0 Å². The molecule has 0 spiro atoms. The molecule has 2 unspecified atom stereocenters. The molecule has 0 rings (SSSR count). The molecule has 0 aliphatic heterocycles. The van der Waals surface area contributed by atoms with Crippen molar-refractivity contribution in [1.29, 1.82) is 0 Å². The summed E-state index contributed by atoms with van der Waals surface area (Å²) in [5.74, 6) is 0.151. The molecule has 0 heterocycles. The fourth-order valence-corrected chi connectivity index (χ4v) is 9.35. The van der Waals surface area contributed by atoms with Crippen molar-refractivity contribution in [2.45, 2.75) is 266 Å². The molecule has 10 nitrogen and oxygen atoms in total. The molecule has 396 valence electrons. The minimum atomic E-state index is -0.471. The first kappa shape index (κ1) is 64.8. The zero-order valence-electron chi connectivity index (χ0n) is 46.3. The second kappa shape index (κ2) is 45.0. The van der Waals surface area contributed by atoms with Crippen LogP contribution in [0.25, 0.3) is 0 Å². The second-order valence-electron chi connectivity index (χ2n) is 21.5. The third-order valence-corrected chi connectivity index (χ3v) is 13.6. The SMILES string of the molecule is CCCCCCCCCCCCCCCC(=O)N(CCN(C)C)C(C(=O)NCCCCCCCNC(=O)C(C(C)C)N(CCN(C)C)C(=O)CCCCCCCCCCCCCCC)C(C)C. The van der Waals surface area contributed by atoms with Gasteiger partial charge in [0.1, 0.15) is 12.1 Å². The first-order chi connectivity index (χ1) is 32.3. The molecule has 0 aromatic rings. The Morgan fingerprint density at radius 1 is 0.343 bits per heavy atom. The van der Waals surface area contributed by atoms with Crippen molar-refractivity contribution in [3.05, 3.63) is 0 Å². The van der Waals surface area contributed by atoms with E-state index in [9.17, 15) is 19.2 Å². The largest absolute Gasteiger partial charge is 0.354 e. The lowest BCUT2D eigenvalue weighted by molar-refractivity contribution is -0.142. The van der Waals surface area contributed by atoms with Gasteiger partial charge in [-0.05, 0) is 65.7 Å². The van der Waals surface area contributed by atoms with Crippen LogP contribution in [0.5, 0.6) is 0 Å². The van der Waals surface area contributed by atoms with Crippen LogP contribution >= 0.6 is 0 Å². The molecule has 4 amide bonds. The number of rotatable bonds is 48. The molecule has 0 aromatic heterocycles. The summed E-state index contributed by atoms with van der Waals surface area (Å²) in [7, 11) is 8.06. The van der Waals surface area contributed by atoms with Gasteiger partial charge in [0.2, 0.25) is 23.6 Å². The number of nitrogens with one attached hydrogen (secondary N) is 2. The Morgan fingerprint density at radius 2 is 0.582 bits per heavy atom. The zero-order chi connectivity index (χ0) is 49.9. The van der Waals surface area contributed by atoms with Crippen molar-refractivity contribution in [2.24, 2.45) is 11.8 Å². The minimum Gasteiger partial charge on any atom is -0.354 e. The average Bonchev–Trinajstić information content (AvgIpc) is 3.28. The number of hydrogen-bond acceptors (Lipinski definition) is 6. The lowest BCUT2D eigenvalue weighted by atomic mass is 9.99. The molecule has 0 aliphatic rings. The van der Waals surface area contributed by atoms with Crippen LogP contribution < -0.4 is 10.6 Å². The van der Waals surface area contributed by atoms with E-state index >= 15 is 0 Å². The maximum Gasteiger partial charge on any atom is 0.243 e. The third kappa shape index (κ3) is 36.4. The Hall–Kier alpha value is -2.20. The van der Waals surface area contributed by atoms with Gasteiger partial charge in [-0.2, -0.15) is 0 Å². The minimum absolute atomic E-state index is 0.0190. The van der Waals surface area contributed by atoms with Crippen LogP contribution in [0.2, 0.25) is 0 Å². The predicted molar refractivity (Wildman–Crippen MR) is 288 cm³/mol. The van der Waals surface area contributed by atoms with E-state index in [1.165, 1.54) is 141 Å². The Kier molecular flexibility index (Phi) is 43.5. The van der Waals surface area contributed by atoms with Gasteiger partial charge in [0.05, 0.1) is 0 Å². The number of hydrogen-bond donors (Lipinski definition) is 2. The first-order valence-electron chi connectivity index (χ1n) is 28.7. The van der Waals surface area contributed by atoms with Gasteiger partial charge in [-0.1, -0.05) is 215 Å². The molecule has 0 saturated heterocycles. The number of nitrogens with zero attached hydrogens (tertiary/aromatic N) is 4. The molecule has 0 aromatic carbocycles. The number of amides is 4. The van der Waals surface area contributed by atoms with Crippen LogP contribution in [-0.2, 0) is 19.2 Å². The molecular formula is C57H114N6O4. The fourth-order valence-electron chi connectivity index (χ4n) is 9.35. The molecule has 2 N–H and O–H groups in total. The van der Waals surface area contributed by atoms with E-state index in [4.69, 9.17) is 0 Å². The highest BCUT2D eigenvalue weighted by atomic mass is 16.2. The van der Waals surface area contributed by atoms with Gasteiger partial charge in [0.15, 0.2) is 0 Å². The molecular weight excluding hydrogens is 833 g/mol. The van der Waals surface area contributed by atoms with Crippen LogP contribution in [0.4, 0.5) is 0 Å². The quantitative estimate of drug-likeness (QED) is 0.0589. The molecule has 67 heavy (non-hydrogen) atoms. The topological polar surface area (TPSA) is 105 Å². The maximum atomic E-state index is 13.6. The van der Waals surface area contributed by atoms with Gasteiger partial charge >= 0.3 is 0 Å². The summed E-state index contributed by atoms with van der Waals surface area (Å²) < 4.78 is 0. The summed E-state index contributed by atoms with van der Waals surface area (Å²) in [6, 6.07) is -0.943. The predicted octanol–water partition coefficient (Wildman–Crippen LogP) is 13.0. The first-order valence-corrected chi connectivity index (χ1v) is 28.7. The van der Waals surface area contributed by atoms with Crippen molar-refractivity contribution in [3.8, 4) is 0 Å². The summed E-state index contributed by atoms with van der Waals surface area (Å²) in [6.45, 7) is 16.5. The summed E-state index contributed by atoms with van der Waals surface area (Å²) in [5, 5.41) is 6.36. The van der Waals surface area contributed by atoms with Crippen LogP contribution in [0, 0.1) is 11.8 Å². The normalized spacial score (nSPS) is 12.6. The van der Waals surface area contributed by atoms with Crippen molar-refractivity contribution in [1.82, 2.24) is 30.2 Å². The number of carbonyl (C=O) groups excluding carboxylic acids is 4. The lowest BCUT2D eigenvalue weighted by Gasteiger charge is -2.34. The average molecular weight is 948 g/mol. The van der Waals surface area contributed by atoms with Crippen LogP contribution in [0.1, 0.15) is 253 Å². The maximum absolute atomic E-state index is 13.6. The number of carbonyl (C=O) groups is 4. The summed E-state index contributed by atoms with van der Waals surface area (Å²) in [6.07, 6.45) is 38.9. The molecule has 0 saturated carbocycles. The molecule has 0 aliphatic carbocycles. The highest BCUT2D eigenvalue weighted by Gasteiger charge is 2.33. The smallest absolute Gasteiger partial charge is 0.243 e. The van der Waals surface area contributed by atoms with Gasteiger partial charge in [0.25, 0.3) is 0 Å². The summed E-state index contributed by atoms with van der Waals surface area (Å²) >= 11 is 0. The summed E-state index contributed by atoms with van der Waals surface area (Å²) in [4.78, 5) is 62.4. The van der Waals surface area contributed by atoms with Gasteiger partial charge < -0.3 is 30.2 Å². The number of likely N-dealkylation sites (N-methyl/N-ethyl adjacent to an activating group) is 2. The fraction of sp³-hybridized carbons (Fsp3) is 0.930. The number of unbranched alkanes of at least 4 members (excludes halogenated alkanes) is 28. The molecule has 0 radical (unpaired) electrons. The van der Waals surface area contributed by atoms with E-state index in [-0.39, 0.29) is 35.5 Å². The Balaban J connectivity index is 4.71. The molecule has 0 fully saturated rings. The van der Waals surface area contributed by atoms with Gasteiger partial charge in [0, 0.05) is 52.1 Å². The Bertz CT molecular complexity index is 1090. The van der Waals surface area contributed by atoms with E-state index in [1.807, 2.05) is 65.7 Å². The third-order valence-electron chi connectivity index (χ3n) is 13.6.